The zero-order chi connectivity index (χ0) is 26.6. The molecule has 37 heavy (non-hydrogen) atoms. The lowest BCUT2D eigenvalue weighted by atomic mass is 10.1. The molecule has 3 aromatic rings. The number of nitrogens with zero attached hydrogens (tertiary/aromatic N) is 3. The standard InChI is InChI=1S/C25H33N5O6S/c1-4-35-20-13-12-18(37(33,34)26-14-8-11-21(31)36-5-2)15-19(20)23-28-25(32)22-16(3)27-24(30(22)29-23)17-9-6-7-10-17/h12-13,15,17,26H,4-11,14H2,1-3H3,(H,28,29,32). The Hall–Kier alpha value is -3.25. The second kappa shape index (κ2) is 11.4. The quantitative estimate of drug-likeness (QED) is 0.284. The second-order valence-corrected chi connectivity index (χ2v) is 10.8. The number of carbonyl (C=O) groups is 1. The van der Waals surface area contributed by atoms with Crippen LogP contribution in [0.15, 0.2) is 27.9 Å². The molecule has 0 unspecified atom stereocenters. The summed E-state index contributed by atoms with van der Waals surface area (Å²) < 4.78 is 40.7. The Morgan fingerprint density at radius 1 is 1.22 bits per heavy atom. The number of aromatic amines is 1. The van der Waals surface area contributed by atoms with Crippen LogP contribution in [0.1, 0.15) is 69.8 Å². The van der Waals surface area contributed by atoms with E-state index < -0.39 is 10.0 Å². The van der Waals surface area contributed by atoms with Gasteiger partial charge in [-0.1, -0.05) is 12.8 Å². The fourth-order valence-electron chi connectivity index (χ4n) is 4.66. The zero-order valence-corrected chi connectivity index (χ0v) is 22.2. The van der Waals surface area contributed by atoms with Crippen molar-refractivity contribution < 1.29 is 22.7 Å². The Morgan fingerprint density at radius 3 is 2.68 bits per heavy atom. The molecule has 1 fully saturated rings. The first-order valence-electron chi connectivity index (χ1n) is 12.7. The predicted molar refractivity (Wildman–Crippen MR) is 137 cm³/mol. The van der Waals surface area contributed by atoms with E-state index in [9.17, 15) is 18.0 Å². The number of rotatable bonds is 11. The first kappa shape index (κ1) is 26.8. The molecule has 0 saturated heterocycles. The van der Waals surface area contributed by atoms with Gasteiger partial charge in [-0.15, -0.1) is 5.10 Å². The Kier molecular flexibility index (Phi) is 8.28. The molecule has 1 saturated carbocycles. The van der Waals surface area contributed by atoms with E-state index in [2.05, 4.69) is 14.7 Å². The van der Waals surface area contributed by atoms with E-state index in [0.717, 1.165) is 31.5 Å². The molecule has 11 nitrogen and oxygen atoms in total. The van der Waals surface area contributed by atoms with Crippen LogP contribution in [0.2, 0.25) is 0 Å². The number of hydrogen-bond acceptors (Lipinski definition) is 8. The van der Waals surface area contributed by atoms with Crippen molar-refractivity contribution in [3.63, 3.8) is 0 Å². The van der Waals surface area contributed by atoms with Gasteiger partial charge in [-0.05, 0) is 58.2 Å². The van der Waals surface area contributed by atoms with E-state index in [1.165, 1.54) is 12.1 Å². The largest absolute Gasteiger partial charge is 0.493 e. The summed E-state index contributed by atoms with van der Waals surface area (Å²) in [6.07, 6.45) is 4.61. The van der Waals surface area contributed by atoms with Crippen LogP contribution in [0.5, 0.6) is 5.75 Å². The van der Waals surface area contributed by atoms with E-state index in [0.29, 0.717) is 35.6 Å². The van der Waals surface area contributed by atoms with Crippen LogP contribution >= 0.6 is 0 Å². The van der Waals surface area contributed by atoms with Crippen LogP contribution in [-0.4, -0.2) is 53.7 Å². The Bertz CT molecular complexity index is 1440. The number of ether oxygens (including phenoxy) is 2. The first-order valence-corrected chi connectivity index (χ1v) is 14.2. The molecule has 0 spiro atoms. The highest BCUT2D eigenvalue weighted by molar-refractivity contribution is 7.89. The number of aryl methyl sites for hydroxylation is 1. The highest BCUT2D eigenvalue weighted by atomic mass is 32.2. The number of hydrogen-bond donors (Lipinski definition) is 2. The molecule has 12 heteroatoms. The lowest BCUT2D eigenvalue weighted by Gasteiger charge is -2.13. The third-order valence-corrected chi connectivity index (χ3v) is 7.85. The summed E-state index contributed by atoms with van der Waals surface area (Å²) in [4.78, 5) is 32.0. The van der Waals surface area contributed by atoms with Gasteiger partial charge in [-0.3, -0.25) is 9.59 Å². The Morgan fingerprint density at radius 2 is 1.97 bits per heavy atom. The predicted octanol–water partition coefficient (Wildman–Crippen LogP) is 3.07. The maximum atomic E-state index is 13.1. The molecular formula is C25H33N5O6S. The molecule has 0 bridgehead atoms. The number of fused-ring (bicyclic) bond motifs is 1. The van der Waals surface area contributed by atoms with E-state index >= 15 is 0 Å². The van der Waals surface area contributed by atoms with Crippen molar-refractivity contribution in [2.45, 2.75) is 70.1 Å². The molecule has 0 atom stereocenters. The molecule has 2 N–H and O–H groups in total. The van der Waals surface area contributed by atoms with Gasteiger partial charge in [-0.2, -0.15) is 0 Å². The highest BCUT2D eigenvalue weighted by Gasteiger charge is 2.26. The minimum Gasteiger partial charge on any atom is -0.493 e. The smallest absolute Gasteiger partial charge is 0.305 e. The number of aromatic nitrogens is 4. The molecule has 0 aliphatic heterocycles. The lowest BCUT2D eigenvalue weighted by Crippen LogP contribution is -2.25. The molecule has 4 rings (SSSR count). The van der Waals surface area contributed by atoms with Gasteiger partial charge in [0, 0.05) is 18.9 Å². The average Bonchev–Trinajstić information content (AvgIpc) is 3.50. The molecule has 2 heterocycles. The van der Waals surface area contributed by atoms with Crippen LogP contribution in [-0.2, 0) is 19.6 Å². The molecule has 0 radical (unpaired) electrons. The van der Waals surface area contributed by atoms with Crippen LogP contribution in [0.3, 0.4) is 0 Å². The molecule has 1 aromatic carbocycles. The lowest BCUT2D eigenvalue weighted by molar-refractivity contribution is -0.143. The first-order chi connectivity index (χ1) is 17.7. The number of carbonyl (C=O) groups excluding carboxylic acids is 1. The molecular weight excluding hydrogens is 498 g/mol. The number of esters is 1. The number of nitrogens with one attached hydrogen (secondary N) is 2. The van der Waals surface area contributed by atoms with Crippen LogP contribution in [0, 0.1) is 6.92 Å². The zero-order valence-electron chi connectivity index (χ0n) is 21.4. The van der Waals surface area contributed by atoms with Crippen LogP contribution in [0.25, 0.3) is 16.9 Å². The van der Waals surface area contributed by atoms with E-state index in [-0.39, 0.29) is 47.7 Å². The summed E-state index contributed by atoms with van der Waals surface area (Å²) >= 11 is 0. The van der Waals surface area contributed by atoms with Gasteiger partial charge in [0.1, 0.15) is 11.6 Å². The van der Waals surface area contributed by atoms with Crippen molar-refractivity contribution in [3.8, 4) is 17.1 Å². The molecule has 200 valence electrons. The summed E-state index contributed by atoms with van der Waals surface area (Å²) in [7, 11) is -3.90. The van der Waals surface area contributed by atoms with Gasteiger partial charge >= 0.3 is 5.97 Å². The summed E-state index contributed by atoms with van der Waals surface area (Å²) in [6.45, 7) is 6.02. The summed E-state index contributed by atoms with van der Waals surface area (Å²) in [5.74, 6) is 1.19. The van der Waals surface area contributed by atoms with Crippen LogP contribution < -0.4 is 15.0 Å². The molecule has 1 aliphatic rings. The van der Waals surface area contributed by atoms with Crippen molar-refractivity contribution >= 4 is 21.5 Å². The number of benzene rings is 1. The van der Waals surface area contributed by atoms with Crippen LogP contribution in [0.4, 0.5) is 0 Å². The normalized spacial score (nSPS) is 14.4. The van der Waals surface area contributed by atoms with E-state index in [4.69, 9.17) is 14.6 Å². The van der Waals surface area contributed by atoms with Crippen molar-refractivity contribution in [2.24, 2.45) is 0 Å². The fourth-order valence-corrected chi connectivity index (χ4v) is 5.76. The highest BCUT2D eigenvalue weighted by Crippen LogP contribution is 2.35. The number of sulfonamides is 1. The van der Waals surface area contributed by atoms with Crippen molar-refractivity contribution in [2.75, 3.05) is 19.8 Å². The summed E-state index contributed by atoms with van der Waals surface area (Å²) in [6, 6.07) is 4.42. The third kappa shape index (κ3) is 5.85. The van der Waals surface area contributed by atoms with Gasteiger partial charge in [0.25, 0.3) is 5.56 Å². The second-order valence-electron chi connectivity index (χ2n) is 9.00. The van der Waals surface area contributed by atoms with Gasteiger partial charge in [0.2, 0.25) is 10.0 Å². The van der Waals surface area contributed by atoms with Crippen molar-refractivity contribution in [3.05, 3.63) is 40.1 Å². The van der Waals surface area contributed by atoms with Gasteiger partial charge in [-0.25, -0.2) is 22.6 Å². The summed E-state index contributed by atoms with van der Waals surface area (Å²) in [5, 5.41) is 4.70. The minimum atomic E-state index is -3.90. The molecule has 1 aliphatic carbocycles. The monoisotopic (exact) mass is 531 g/mol. The van der Waals surface area contributed by atoms with Gasteiger partial charge in [0.15, 0.2) is 11.3 Å². The maximum absolute atomic E-state index is 13.1. The van der Waals surface area contributed by atoms with E-state index in [1.807, 2.05) is 6.92 Å². The minimum absolute atomic E-state index is 0.0114. The average molecular weight is 532 g/mol. The van der Waals surface area contributed by atoms with Crippen molar-refractivity contribution in [1.29, 1.82) is 0 Å². The molecule has 0 amide bonds. The van der Waals surface area contributed by atoms with E-state index in [1.54, 1.807) is 24.4 Å². The Labute approximate surface area is 215 Å². The SMILES string of the molecule is CCOC(=O)CCCNS(=O)(=O)c1ccc(OCC)c(-c2nn3c(C4CCCC4)nc(C)c3c(=O)[nH]2)c1. The van der Waals surface area contributed by atoms with Gasteiger partial charge < -0.3 is 14.5 Å². The topological polar surface area (TPSA) is 145 Å². The fraction of sp³-hybridized carbons (Fsp3) is 0.520. The number of imidazole rings is 1. The molecule has 2 aromatic heterocycles. The van der Waals surface area contributed by atoms with Gasteiger partial charge in [0.05, 0.1) is 29.4 Å². The van der Waals surface area contributed by atoms with Crippen molar-refractivity contribution in [1.82, 2.24) is 24.3 Å². The maximum Gasteiger partial charge on any atom is 0.305 e. The summed E-state index contributed by atoms with van der Waals surface area (Å²) in [5.41, 5.74) is 0.984. The third-order valence-electron chi connectivity index (χ3n) is 6.39. The Balaban J connectivity index is 1.69. The number of H-pyrrole nitrogens is 1.